The summed E-state index contributed by atoms with van der Waals surface area (Å²) in [4.78, 5) is 13.7. The fraction of sp³-hybridized carbons (Fsp3) is 0.909. The van der Waals surface area contributed by atoms with Gasteiger partial charge in [0, 0.05) is 19.5 Å². The number of ether oxygens (including phenoxy) is 1. The molecule has 0 bridgehead atoms. The van der Waals surface area contributed by atoms with E-state index in [2.05, 4.69) is 12.2 Å². The normalized spacial score (nSPS) is 20.4. The lowest BCUT2D eigenvalue weighted by Crippen LogP contribution is -2.45. The summed E-state index contributed by atoms with van der Waals surface area (Å²) in [6.07, 6.45) is 2.80. The minimum atomic E-state index is 0. The van der Waals surface area contributed by atoms with E-state index >= 15 is 0 Å². The van der Waals surface area contributed by atoms with Crippen LogP contribution in [0.15, 0.2) is 0 Å². The van der Waals surface area contributed by atoms with Crippen molar-refractivity contribution in [2.75, 3.05) is 33.3 Å². The van der Waals surface area contributed by atoms with Crippen molar-refractivity contribution in [1.29, 1.82) is 0 Å². The topological polar surface area (TPSA) is 41.6 Å². The molecule has 0 radical (unpaired) electrons. The molecule has 1 N–H and O–H groups in total. The second-order valence-electron chi connectivity index (χ2n) is 3.95. The van der Waals surface area contributed by atoms with E-state index in [1.54, 1.807) is 0 Å². The summed E-state index contributed by atoms with van der Waals surface area (Å²) >= 11 is 0. The Kier molecular flexibility index (Phi) is 8.61. The van der Waals surface area contributed by atoms with Gasteiger partial charge in [0.2, 0.25) is 5.91 Å². The van der Waals surface area contributed by atoms with E-state index in [-0.39, 0.29) is 24.4 Å². The van der Waals surface area contributed by atoms with Crippen molar-refractivity contribution in [3.8, 4) is 0 Å². The predicted octanol–water partition coefficient (Wildman–Crippen LogP) is 1.05. The molecule has 1 fully saturated rings. The van der Waals surface area contributed by atoms with Crippen molar-refractivity contribution in [2.45, 2.75) is 32.3 Å². The van der Waals surface area contributed by atoms with E-state index in [9.17, 15) is 4.79 Å². The van der Waals surface area contributed by atoms with Crippen LogP contribution in [0.2, 0.25) is 0 Å². The van der Waals surface area contributed by atoms with E-state index in [0.29, 0.717) is 13.0 Å². The van der Waals surface area contributed by atoms with E-state index in [1.807, 2.05) is 11.9 Å². The van der Waals surface area contributed by atoms with Crippen LogP contribution in [0.3, 0.4) is 0 Å². The second kappa shape index (κ2) is 8.79. The number of hydrogen-bond acceptors (Lipinski definition) is 3. The van der Waals surface area contributed by atoms with Gasteiger partial charge in [0.1, 0.15) is 0 Å². The zero-order valence-corrected chi connectivity index (χ0v) is 11.0. The maximum atomic E-state index is 11.8. The molecule has 0 aliphatic carbocycles. The number of carbonyl (C=O) groups excluding carboxylic acids is 1. The molecule has 1 aliphatic rings. The van der Waals surface area contributed by atoms with Crippen LogP contribution in [0.4, 0.5) is 0 Å². The summed E-state index contributed by atoms with van der Waals surface area (Å²) in [6.45, 7) is 5.23. The predicted molar refractivity (Wildman–Crippen MR) is 67.0 cm³/mol. The molecule has 16 heavy (non-hydrogen) atoms. The number of hydrogen-bond donors (Lipinski definition) is 1. The van der Waals surface area contributed by atoms with E-state index in [1.165, 1.54) is 0 Å². The highest BCUT2D eigenvalue weighted by molar-refractivity contribution is 5.85. The lowest BCUT2D eigenvalue weighted by molar-refractivity contribution is -0.138. The quantitative estimate of drug-likeness (QED) is 0.742. The fourth-order valence-electron chi connectivity index (χ4n) is 1.77. The lowest BCUT2D eigenvalue weighted by atomic mass is 10.2. The molecule has 1 heterocycles. The first-order valence-electron chi connectivity index (χ1n) is 5.82. The van der Waals surface area contributed by atoms with Crippen LogP contribution in [0.25, 0.3) is 0 Å². The number of carbonyl (C=O) groups is 1. The number of nitrogens with zero attached hydrogens (tertiary/aromatic N) is 1. The highest BCUT2D eigenvalue weighted by Crippen LogP contribution is 2.09. The molecule has 0 aromatic rings. The zero-order valence-electron chi connectivity index (χ0n) is 10.2. The Labute approximate surface area is 104 Å². The molecule has 0 saturated carbocycles. The molecule has 0 aromatic carbocycles. The molecular weight excluding hydrogens is 228 g/mol. The van der Waals surface area contributed by atoms with Crippen molar-refractivity contribution in [2.24, 2.45) is 0 Å². The standard InChI is InChI=1S/C11H22N2O2.ClH/c1-3-10-9-13(7-8-15-10)11(14)5-4-6-12-2;/h10,12H,3-9H2,1-2H3;1H. The van der Waals surface area contributed by atoms with Crippen LogP contribution in [0.5, 0.6) is 0 Å². The van der Waals surface area contributed by atoms with Crippen molar-refractivity contribution in [3.63, 3.8) is 0 Å². The summed E-state index contributed by atoms with van der Waals surface area (Å²) in [7, 11) is 1.91. The van der Waals surface area contributed by atoms with Gasteiger partial charge in [-0.05, 0) is 26.4 Å². The molecule has 1 unspecified atom stereocenters. The van der Waals surface area contributed by atoms with Crippen LogP contribution >= 0.6 is 12.4 Å². The third-order valence-corrected chi connectivity index (χ3v) is 2.76. The van der Waals surface area contributed by atoms with Gasteiger partial charge in [-0.2, -0.15) is 0 Å². The molecule has 96 valence electrons. The first-order chi connectivity index (χ1) is 7.27. The molecule has 1 saturated heterocycles. The smallest absolute Gasteiger partial charge is 0.222 e. The number of nitrogens with one attached hydrogen (secondary N) is 1. The summed E-state index contributed by atoms with van der Waals surface area (Å²) in [5, 5.41) is 3.05. The van der Waals surface area contributed by atoms with Gasteiger partial charge in [0.05, 0.1) is 12.7 Å². The molecular formula is C11H23ClN2O2. The van der Waals surface area contributed by atoms with Gasteiger partial charge >= 0.3 is 0 Å². The van der Waals surface area contributed by atoms with Gasteiger partial charge in [-0.15, -0.1) is 12.4 Å². The first-order valence-corrected chi connectivity index (χ1v) is 5.82. The maximum absolute atomic E-state index is 11.8. The Morgan fingerprint density at radius 2 is 2.31 bits per heavy atom. The molecule has 1 rings (SSSR count). The van der Waals surface area contributed by atoms with Gasteiger partial charge in [0.15, 0.2) is 0 Å². The lowest BCUT2D eigenvalue weighted by Gasteiger charge is -2.32. The molecule has 1 aliphatic heterocycles. The van der Waals surface area contributed by atoms with Crippen molar-refractivity contribution < 1.29 is 9.53 Å². The van der Waals surface area contributed by atoms with Gasteiger partial charge in [-0.25, -0.2) is 0 Å². The minimum Gasteiger partial charge on any atom is -0.375 e. The first kappa shape index (κ1) is 15.7. The van der Waals surface area contributed by atoms with E-state index in [0.717, 1.165) is 32.5 Å². The van der Waals surface area contributed by atoms with E-state index < -0.39 is 0 Å². The molecule has 1 atom stereocenters. The van der Waals surface area contributed by atoms with Crippen LogP contribution in [0.1, 0.15) is 26.2 Å². The van der Waals surface area contributed by atoms with Gasteiger partial charge in [-0.3, -0.25) is 4.79 Å². The van der Waals surface area contributed by atoms with Gasteiger partial charge in [0.25, 0.3) is 0 Å². The Morgan fingerprint density at radius 1 is 1.56 bits per heavy atom. The third kappa shape index (κ3) is 5.14. The largest absolute Gasteiger partial charge is 0.375 e. The average Bonchev–Trinajstić information content (AvgIpc) is 2.29. The minimum absolute atomic E-state index is 0. The average molecular weight is 251 g/mol. The van der Waals surface area contributed by atoms with Crippen LogP contribution < -0.4 is 5.32 Å². The summed E-state index contributed by atoms with van der Waals surface area (Å²) < 4.78 is 5.53. The number of rotatable bonds is 5. The second-order valence-corrected chi connectivity index (χ2v) is 3.95. The van der Waals surface area contributed by atoms with E-state index in [4.69, 9.17) is 4.74 Å². The number of morpholine rings is 1. The maximum Gasteiger partial charge on any atom is 0.222 e. The SMILES string of the molecule is CCC1CN(C(=O)CCCNC)CCO1.Cl. The fourth-order valence-corrected chi connectivity index (χ4v) is 1.77. The van der Waals surface area contributed by atoms with Gasteiger partial charge in [-0.1, -0.05) is 6.92 Å². The Hall–Kier alpha value is -0.320. The Balaban J connectivity index is 0.00000225. The van der Waals surface area contributed by atoms with Crippen LogP contribution in [-0.2, 0) is 9.53 Å². The summed E-state index contributed by atoms with van der Waals surface area (Å²) in [5.74, 6) is 0.270. The molecule has 0 spiro atoms. The van der Waals surface area contributed by atoms with Crippen LogP contribution in [-0.4, -0.2) is 50.2 Å². The third-order valence-electron chi connectivity index (χ3n) is 2.76. The Morgan fingerprint density at radius 3 is 2.94 bits per heavy atom. The van der Waals surface area contributed by atoms with Crippen LogP contribution in [0, 0.1) is 0 Å². The number of amides is 1. The number of halogens is 1. The Bertz CT molecular complexity index is 202. The summed E-state index contributed by atoms with van der Waals surface area (Å²) in [6, 6.07) is 0. The summed E-state index contributed by atoms with van der Waals surface area (Å²) in [5.41, 5.74) is 0. The van der Waals surface area contributed by atoms with Crippen molar-refractivity contribution in [1.82, 2.24) is 10.2 Å². The van der Waals surface area contributed by atoms with Crippen molar-refractivity contribution >= 4 is 18.3 Å². The zero-order chi connectivity index (χ0) is 11.1. The monoisotopic (exact) mass is 250 g/mol. The van der Waals surface area contributed by atoms with Gasteiger partial charge < -0.3 is 15.0 Å². The highest BCUT2D eigenvalue weighted by atomic mass is 35.5. The highest BCUT2D eigenvalue weighted by Gasteiger charge is 2.22. The van der Waals surface area contributed by atoms with Crippen molar-refractivity contribution in [3.05, 3.63) is 0 Å². The molecule has 5 heteroatoms. The molecule has 1 amide bonds. The molecule has 4 nitrogen and oxygen atoms in total. The molecule has 0 aromatic heterocycles.